The maximum atomic E-state index is 12.2. The Bertz CT molecular complexity index is 752. The van der Waals surface area contributed by atoms with E-state index in [0.717, 1.165) is 5.56 Å². The van der Waals surface area contributed by atoms with Crippen LogP contribution in [-0.2, 0) is 0 Å². The van der Waals surface area contributed by atoms with Gasteiger partial charge in [0.25, 0.3) is 5.91 Å². The van der Waals surface area contributed by atoms with Gasteiger partial charge in [0.15, 0.2) is 11.5 Å². The second-order valence-electron chi connectivity index (χ2n) is 5.01. The molecule has 0 atom stereocenters. The largest absolute Gasteiger partial charge is 0.493 e. The van der Waals surface area contributed by atoms with Crippen molar-refractivity contribution in [3.63, 3.8) is 0 Å². The molecule has 2 aromatic rings. The van der Waals surface area contributed by atoms with Crippen molar-refractivity contribution in [1.82, 2.24) is 5.43 Å². The zero-order chi connectivity index (χ0) is 17.4. The van der Waals surface area contributed by atoms with Crippen molar-refractivity contribution in [2.45, 2.75) is 6.92 Å². The van der Waals surface area contributed by atoms with Crippen LogP contribution >= 0.6 is 0 Å². The van der Waals surface area contributed by atoms with Crippen LogP contribution in [0.3, 0.4) is 0 Å². The fourth-order valence-corrected chi connectivity index (χ4v) is 2.00. The lowest BCUT2D eigenvalue weighted by Gasteiger charge is -2.08. The van der Waals surface area contributed by atoms with Gasteiger partial charge in [0.05, 0.1) is 19.9 Å². The Balaban J connectivity index is 2.02. The second kappa shape index (κ2) is 8.53. The Morgan fingerprint density at radius 1 is 1.04 bits per heavy atom. The van der Waals surface area contributed by atoms with E-state index in [4.69, 9.17) is 9.47 Å². The lowest BCUT2D eigenvalue weighted by atomic mass is 10.2. The van der Waals surface area contributed by atoms with E-state index in [2.05, 4.69) is 10.5 Å². The molecular weight excluding hydrogens is 304 g/mol. The van der Waals surface area contributed by atoms with Crippen molar-refractivity contribution in [3.8, 4) is 11.5 Å². The molecule has 0 spiro atoms. The number of nitrogens with one attached hydrogen (secondary N) is 1. The number of carbonyl (C=O) groups is 1. The van der Waals surface area contributed by atoms with Crippen LogP contribution in [0.4, 0.5) is 0 Å². The van der Waals surface area contributed by atoms with Crippen LogP contribution in [0.2, 0.25) is 0 Å². The van der Waals surface area contributed by atoms with Gasteiger partial charge in [0.1, 0.15) is 0 Å². The highest BCUT2D eigenvalue weighted by molar-refractivity contribution is 5.99. The molecule has 0 unspecified atom stereocenters. The number of methoxy groups -OCH3 is 2. The summed E-state index contributed by atoms with van der Waals surface area (Å²) in [6.07, 6.45) is 3.77. The van der Waals surface area contributed by atoms with E-state index in [-0.39, 0.29) is 5.91 Å². The first-order valence-corrected chi connectivity index (χ1v) is 7.44. The molecule has 0 saturated heterocycles. The van der Waals surface area contributed by atoms with E-state index in [1.807, 2.05) is 49.4 Å². The minimum absolute atomic E-state index is 0.316. The predicted octanol–water partition coefficient (Wildman–Crippen LogP) is 3.52. The van der Waals surface area contributed by atoms with E-state index >= 15 is 0 Å². The maximum absolute atomic E-state index is 12.2. The third-order valence-electron chi connectivity index (χ3n) is 3.30. The van der Waals surface area contributed by atoms with Crippen molar-refractivity contribution in [2.24, 2.45) is 5.10 Å². The van der Waals surface area contributed by atoms with E-state index < -0.39 is 0 Å². The van der Waals surface area contributed by atoms with Crippen molar-refractivity contribution < 1.29 is 14.3 Å². The van der Waals surface area contributed by atoms with Gasteiger partial charge < -0.3 is 9.47 Å². The third kappa shape index (κ3) is 4.71. The van der Waals surface area contributed by atoms with Crippen molar-refractivity contribution in [1.29, 1.82) is 0 Å². The smallest absolute Gasteiger partial charge is 0.271 e. The standard InChI is InChI=1S/C19H20N2O3/c1-14(9-10-15-7-5-4-6-8-15)20-21-19(22)16-11-12-17(23-2)18(13-16)24-3/h4-13H,1-3H3,(H,21,22)/b10-9+,20-14+. The van der Waals surface area contributed by atoms with E-state index in [1.54, 1.807) is 25.3 Å². The third-order valence-corrected chi connectivity index (χ3v) is 3.30. The topological polar surface area (TPSA) is 59.9 Å². The molecular formula is C19H20N2O3. The molecule has 0 bridgehead atoms. The Labute approximate surface area is 141 Å². The summed E-state index contributed by atoms with van der Waals surface area (Å²) in [5.41, 5.74) is 4.72. The highest BCUT2D eigenvalue weighted by Crippen LogP contribution is 2.27. The lowest BCUT2D eigenvalue weighted by molar-refractivity contribution is 0.0954. The van der Waals surface area contributed by atoms with Crippen molar-refractivity contribution in [2.75, 3.05) is 14.2 Å². The molecule has 5 nitrogen and oxygen atoms in total. The molecule has 0 aliphatic rings. The molecule has 124 valence electrons. The number of carbonyl (C=O) groups excluding carboxylic acids is 1. The fraction of sp³-hybridized carbons (Fsp3) is 0.158. The SMILES string of the molecule is COc1ccc(C(=O)N/N=C(C)/C=C/c2ccccc2)cc1OC. The summed E-state index contributed by atoms with van der Waals surface area (Å²) in [5, 5.41) is 4.07. The summed E-state index contributed by atoms with van der Waals surface area (Å²) < 4.78 is 10.3. The van der Waals surface area contributed by atoms with Gasteiger partial charge in [-0.05, 0) is 36.8 Å². The molecule has 0 saturated carbocycles. The minimum atomic E-state index is -0.316. The maximum Gasteiger partial charge on any atom is 0.271 e. The average molecular weight is 324 g/mol. The van der Waals surface area contributed by atoms with Gasteiger partial charge in [-0.15, -0.1) is 0 Å². The molecule has 0 aliphatic carbocycles. The van der Waals surface area contributed by atoms with E-state index in [9.17, 15) is 4.79 Å². The number of benzene rings is 2. The van der Waals surface area contributed by atoms with Gasteiger partial charge in [-0.2, -0.15) is 5.10 Å². The first-order chi connectivity index (χ1) is 11.6. The zero-order valence-corrected chi connectivity index (χ0v) is 13.9. The monoisotopic (exact) mass is 324 g/mol. The minimum Gasteiger partial charge on any atom is -0.493 e. The Kier molecular flexibility index (Phi) is 6.14. The molecule has 0 aliphatic heterocycles. The fourth-order valence-electron chi connectivity index (χ4n) is 2.00. The van der Waals surface area contributed by atoms with Crippen LogP contribution in [0, 0.1) is 0 Å². The van der Waals surface area contributed by atoms with Crippen LogP contribution in [-0.4, -0.2) is 25.8 Å². The Hall–Kier alpha value is -3.08. The highest BCUT2D eigenvalue weighted by atomic mass is 16.5. The van der Waals surface area contributed by atoms with Crippen LogP contribution in [0.15, 0.2) is 59.7 Å². The van der Waals surface area contributed by atoms with Gasteiger partial charge in [0, 0.05) is 5.56 Å². The molecule has 1 amide bonds. The van der Waals surface area contributed by atoms with Gasteiger partial charge in [-0.25, -0.2) is 5.43 Å². The van der Waals surface area contributed by atoms with Gasteiger partial charge in [0.2, 0.25) is 0 Å². The molecule has 2 rings (SSSR count). The number of hydrogen-bond acceptors (Lipinski definition) is 4. The lowest BCUT2D eigenvalue weighted by Crippen LogP contribution is -2.18. The summed E-state index contributed by atoms with van der Waals surface area (Å²) in [6.45, 7) is 1.81. The predicted molar refractivity (Wildman–Crippen MR) is 95.6 cm³/mol. The molecule has 24 heavy (non-hydrogen) atoms. The van der Waals surface area contributed by atoms with E-state index in [1.165, 1.54) is 7.11 Å². The normalized spacial score (nSPS) is 11.4. The summed E-state index contributed by atoms with van der Waals surface area (Å²) in [4.78, 5) is 12.2. The van der Waals surface area contributed by atoms with Crippen LogP contribution < -0.4 is 14.9 Å². The summed E-state index contributed by atoms with van der Waals surface area (Å²) in [5.74, 6) is 0.748. The molecule has 0 fully saturated rings. The number of rotatable bonds is 6. The first-order valence-electron chi connectivity index (χ1n) is 7.44. The van der Waals surface area contributed by atoms with Gasteiger partial charge >= 0.3 is 0 Å². The number of allylic oxidation sites excluding steroid dienone is 1. The quantitative estimate of drug-likeness (QED) is 0.653. The highest BCUT2D eigenvalue weighted by Gasteiger charge is 2.10. The second-order valence-corrected chi connectivity index (χ2v) is 5.01. The molecule has 1 N–H and O–H groups in total. The first kappa shape index (κ1) is 17.3. The van der Waals surface area contributed by atoms with Crippen LogP contribution in [0.5, 0.6) is 11.5 Å². The van der Waals surface area contributed by atoms with Gasteiger partial charge in [-0.3, -0.25) is 4.79 Å². The number of hydrogen-bond donors (Lipinski definition) is 1. The molecule has 2 aromatic carbocycles. The number of hydrazone groups is 1. The van der Waals surface area contributed by atoms with Crippen molar-refractivity contribution in [3.05, 3.63) is 65.7 Å². The Morgan fingerprint density at radius 2 is 1.75 bits per heavy atom. The molecule has 0 heterocycles. The van der Waals surface area contributed by atoms with Gasteiger partial charge in [-0.1, -0.05) is 36.4 Å². The molecule has 0 radical (unpaired) electrons. The van der Waals surface area contributed by atoms with Crippen LogP contribution in [0.25, 0.3) is 6.08 Å². The zero-order valence-electron chi connectivity index (χ0n) is 13.9. The number of nitrogens with zero attached hydrogens (tertiary/aromatic N) is 1. The number of amides is 1. The number of ether oxygens (including phenoxy) is 2. The molecule has 5 heteroatoms. The summed E-state index contributed by atoms with van der Waals surface area (Å²) in [7, 11) is 3.07. The summed E-state index contributed by atoms with van der Waals surface area (Å²) >= 11 is 0. The van der Waals surface area contributed by atoms with Crippen LogP contribution in [0.1, 0.15) is 22.8 Å². The van der Waals surface area contributed by atoms with Crippen molar-refractivity contribution >= 4 is 17.7 Å². The van der Waals surface area contributed by atoms with E-state index in [0.29, 0.717) is 22.8 Å². The summed E-state index contributed by atoms with van der Waals surface area (Å²) in [6, 6.07) is 14.8. The Morgan fingerprint density at radius 3 is 2.42 bits per heavy atom. The average Bonchev–Trinajstić information content (AvgIpc) is 2.64. The molecule has 0 aromatic heterocycles.